The molecule has 1 saturated heterocycles. The van der Waals surface area contributed by atoms with Crippen molar-refractivity contribution in [3.05, 3.63) is 35.4 Å². The molecule has 1 aliphatic rings. The Labute approximate surface area is 111 Å². The fraction of sp³-hybridized carbons (Fsp3) is 0.571. The Hall–Kier alpha value is -0.570. The van der Waals surface area contributed by atoms with Gasteiger partial charge < -0.3 is 10.2 Å². The van der Waals surface area contributed by atoms with Crippen molar-refractivity contribution in [2.45, 2.75) is 19.8 Å². The van der Waals surface area contributed by atoms with E-state index in [1.165, 1.54) is 50.1 Å². The second kappa shape index (κ2) is 7.70. The molecule has 0 aliphatic carbocycles. The first-order valence-electron chi connectivity index (χ1n) is 6.33. The summed E-state index contributed by atoms with van der Waals surface area (Å²) in [4.78, 5) is 2.57. The molecule has 0 amide bonds. The lowest BCUT2D eigenvalue weighted by Crippen LogP contribution is -2.30. The fourth-order valence-electron chi connectivity index (χ4n) is 2.17. The van der Waals surface area contributed by atoms with Gasteiger partial charge in [0.15, 0.2) is 0 Å². The van der Waals surface area contributed by atoms with Gasteiger partial charge in [0.05, 0.1) is 0 Å². The van der Waals surface area contributed by atoms with Crippen molar-refractivity contribution in [2.24, 2.45) is 0 Å². The molecule has 0 radical (unpaired) electrons. The van der Waals surface area contributed by atoms with Gasteiger partial charge in [-0.3, -0.25) is 0 Å². The van der Waals surface area contributed by atoms with Gasteiger partial charge in [0.25, 0.3) is 0 Å². The van der Waals surface area contributed by atoms with Gasteiger partial charge in [0.1, 0.15) is 0 Å². The predicted octanol–water partition coefficient (Wildman–Crippen LogP) is 2.25. The molecule has 2 rings (SSSR count). The number of rotatable bonds is 3. The zero-order chi connectivity index (χ0) is 11.2. The number of nitrogens with zero attached hydrogens (tertiary/aromatic N) is 1. The van der Waals surface area contributed by atoms with E-state index in [4.69, 9.17) is 0 Å². The predicted molar refractivity (Wildman–Crippen MR) is 76.1 cm³/mol. The zero-order valence-corrected chi connectivity index (χ0v) is 11.4. The Kier molecular flexibility index (Phi) is 6.56. The Balaban J connectivity index is 0.00000144. The Morgan fingerprint density at radius 2 is 1.88 bits per heavy atom. The minimum Gasteiger partial charge on any atom is -0.315 e. The highest BCUT2D eigenvalue weighted by molar-refractivity contribution is 5.85. The Morgan fingerprint density at radius 3 is 2.65 bits per heavy atom. The Bertz CT molecular complexity index is 303. The molecule has 0 saturated carbocycles. The number of aryl methyl sites for hydroxylation is 1. The highest BCUT2D eigenvalue weighted by atomic mass is 35.5. The minimum atomic E-state index is 0. The van der Waals surface area contributed by atoms with Crippen LogP contribution in [-0.2, 0) is 6.42 Å². The van der Waals surface area contributed by atoms with E-state index in [-0.39, 0.29) is 12.4 Å². The van der Waals surface area contributed by atoms with Crippen LogP contribution in [0, 0.1) is 6.92 Å². The molecular formula is C14H23ClN2. The van der Waals surface area contributed by atoms with Crippen LogP contribution < -0.4 is 5.32 Å². The van der Waals surface area contributed by atoms with Crippen molar-refractivity contribution in [3.63, 3.8) is 0 Å². The maximum atomic E-state index is 3.44. The SMILES string of the molecule is Cc1ccc(CCN2CCCNCC2)cc1.Cl. The molecule has 96 valence electrons. The topological polar surface area (TPSA) is 15.3 Å². The third kappa shape index (κ3) is 5.07. The molecule has 1 aliphatic heterocycles. The molecule has 1 heterocycles. The molecular weight excluding hydrogens is 232 g/mol. The van der Waals surface area contributed by atoms with Gasteiger partial charge in [0, 0.05) is 19.6 Å². The van der Waals surface area contributed by atoms with Crippen LogP contribution in [0.3, 0.4) is 0 Å². The molecule has 1 aromatic rings. The number of halogens is 1. The van der Waals surface area contributed by atoms with E-state index < -0.39 is 0 Å². The van der Waals surface area contributed by atoms with Crippen LogP contribution in [0.25, 0.3) is 0 Å². The van der Waals surface area contributed by atoms with E-state index in [1.54, 1.807) is 0 Å². The van der Waals surface area contributed by atoms with Gasteiger partial charge in [-0.25, -0.2) is 0 Å². The summed E-state index contributed by atoms with van der Waals surface area (Å²) in [6.45, 7) is 8.12. The summed E-state index contributed by atoms with van der Waals surface area (Å²) in [6.07, 6.45) is 2.47. The molecule has 0 unspecified atom stereocenters. The molecule has 0 spiro atoms. The fourth-order valence-corrected chi connectivity index (χ4v) is 2.17. The van der Waals surface area contributed by atoms with Crippen LogP contribution in [0.2, 0.25) is 0 Å². The van der Waals surface area contributed by atoms with Crippen LogP contribution in [-0.4, -0.2) is 37.6 Å². The third-order valence-electron chi connectivity index (χ3n) is 3.27. The van der Waals surface area contributed by atoms with Gasteiger partial charge in [-0.05, 0) is 38.4 Å². The van der Waals surface area contributed by atoms with Crippen molar-refractivity contribution < 1.29 is 0 Å². The van der Waals surface area contributed by atoms with Crippen LogP contribution in [0.15, 0.2) is 24.3 Å². The normalized spacial score (nSPS) is 17.2. The summed E-state index contributed by atoms with van der Waals surface area (Å²) < 4.78 is 0. The summed E-state index contributed by atoms with van der Waals surface area (Å²) in [5.74, 6) is 0. The van der Waals surface area contributed by atoms with E-state index in [1.807, 2.05) is 0 Å². The van der Waals surface area contributed by atoms with Crippen molar-refractivity contribution in [3.8, 4) is 0 Å². The van der Waals surface area contributed by atoms with E-state index >= 15 is 0 Å². The van der Waals surface area contributed by atoms with Crippen molar-refractivity contribution in [1.82, 2.24) is 10.2 Å². The van der Waals surface area contributed by atoms with Crippen LogP contribution in [0.4, 0.5) is 0 Å². The summed E-state index contributed by atoms with van der Waals surface area (Å²) >= 11 is 0. The first-order chi connectivity index (χ1) is 7.84. The molecule has 1 aromatic carbocycles. The smallest absolute Gasteiger partial charge is 0.0107 e. The van der Waals surface area contributed by atoms with Crippen LogP contribution >= 0.6 is 12.4 Å². The number of nitrogens with one attached hydrogen (secondary N) is 1. The minimum absolute atomic E-state index is 0. The van der Waals surface area contributed by atoms with E-state index in [2.05, 4.69) is 41.4 Å². The van der Waals surface area contributed by atoms with Gasteiger partial charge >= 0.3 is 0 Å². The highest BCUT2D eigenvalue weighted by Crippen LogP contribution is 2.05. The number of hydrogen-bond donors (Lipinski definition) is 1. The van der Waals surface area contributed by atoms with E-state index in [0.717, 1.165) is 6.54 Å². The summed E-state index contributed by atoms with van der Waals surface area (Å²) in [5, 5.41) is 3.44. The molecule has 3 heteroatoms. The average molecular weight is 255 g/mol. The third-order valence-corrected chi connectivity index (χ3v) is 3.27. The van der Waals surface area contributed by atoms with Gasteiger partial charge in [-0.2, -0.15) is 0 Å². The lowest BCUT2D eigenvalue weighted by Gasteiger charge is -2.19. The molecule has 1 fully saturated rings. The summed E-state index contributed by atoms with van der Waals surface area (Å²) in [6, 6.07) is 8.93. The van der Waals surface area contributed by atoms with Crippen LogP contribution in [0.5, 0.6) is 0 Å². The van der Waals surface area contributed by atoms with Crippen molar-refractivity contribution >= 4 is 12.4 Å². The summed E-state index contributed by atoms with van der Waals surface area (Å²) in [5.41, 5.74) is 2.81. The standard InChI is InChI=1S/C14H22N2.ClH/c1-13-3-5-14(6-4-13)7-11-16-10-2-8-15-9-12-16;/h3-6,15H,2,7-12H2,1H3;1H. The lowest BCUT2D eigenvalue weighted by molar-refractivity contribution is 0.296. The number of hydrogen-bond acceptors (Lipinski definition) is 2. The maximum absolute atomic E-state index is 3.44. The first kappa shape index (κ1) is 14.5. The molecule has 1 N–H and O–H groups in total. The largest absolute Gasteiger partial charge is 0.315 e. The molecule has 0 aromatic heterocycles. The van der Waals surface area contributed by atoms with Gasteiger partial charge in [-0.1, -0.05) is 29.8 Å². The van der Waals surface area contributed by atoms with Gasteiger partial charge in [-0.15, -0.1) is 12.4 Å². The first-order valence-corrected chi connectivity index (χ1v) is 6.33. The average Bonchev–Trinajstić information content (AvgIpc) is 2.57. The molecule has 2 nitrogen and oxygen atoms in total. The number of benzene rings is 1. The lowest BCUT2D eigenvalue weighted by atomic mass is 10.1. The molecule has 0 atom stereocenters. The Morgan fingerprint density at radius 1 is 1.12 bits per heavy atom. The molecule has 17 heavy (non-hydrogen) atoms. The summed E-state index contributed by atoms with van der Waals surface area (Å²) in [7, 11) is 0. The van der Waals surface area contributed by atoms with Crippen LogP contribution in [0.1, 0.15) is 17.5 Å². The van der Waals surface area contributed by atoms with Gasteiger partial charge in [0.2, 0.25) is 0 Å². The highest BCUT2D eigenvalue weighted by Gasteiger charge is 2.07. The van der Waals surface area contributed by atoms with Crippen molar-refractivity contribution in [1.29, 1.82) is 0 Å². The second-order valence-electron chi connectivity index (χ2n) is 4.68. The maximum Gasteiger partial charge on any atom is 0.0107 e. The second-order valence-corrected chi connectivity index (χ2v) is 4.68. The molecule has 0 bridgehead atoms. The zero-order valence-electron chi connectivity index (χ0n) is 10.6. The quantitative estimate of drug-likeness (QED) is 0.890. The van der Waals surface area contributed by atoms with Crippen molar-refractivity contribution in [2.75, 3.05) is 32.7 Å². The van der Waals surface area contributed by atoms with E-state index in [9.17, 15) is 0 Å². The monoisotopic (exact) mass is 254 g/mol. The van der Waals surface area contributed by atoms with E-state index in [0.29, 0.717) is 0 Å².